The number of aromatic amines is 1. The van der Waals surface area contributed by atoms with Crippen LogP contribution in [0.2, 0.25) is 0 Å². The van der Waals surface area contributed by atoms with Crippen LogP contribution in [0.3, 0.4) is 0 Å². The maximum absolute atomic E-state index is 10.2. The molecule has 104 valence electrons. The van der Waals surface area contributed by atoms with Crippen LogP contribution < -0.4 is 4.90 Å². The number of anilines is 1. The summed E-state index contributed by atoms with van der Waals surface area (Å²) >= 11 is 0. The topological polar surface area (TPSA) is 52.1 Å². The quantitative estimate of drug-likeness (QED) is 0.835. The molecule has 3 heterocycles. The van der Waals surface area contributed by atoms with Gasteiger partial charge in [0.1, 0.15) is 11.8 Å². The van der Waals surface area contributed by atoms with Crippen LogP contribution in [0.15, 0.2) is 30.7 Å². The zero-order chi connectivity index (χ0) is 13.5. The lowest BCUT2D eigenvalue weighted by Crippen LogP contribution is -2.35. The van der Waals surface area contributed by atoms with E-state index in [0.717, 1.165) is 22.3 Å². The van der Waals surface area contributed by atoms with Crippen molar-refractivity contribution in [2.24, 2.45) is 0 Å². The highest BCUT2D eigenvalue weighted by atomic mass is 16.3. The SMILES string of the molecule is OC1C=CN(C2CCCCC2)c2c1cnc1[nH]ccc21. The highest BCUT2D eigenvalue weighted by Crippen LogP contribution is 2.40. The third-order valence-electron chi connectivity index (χ3n) is 4.56. The molecule has 0 amide bonds. The van der Waals surface area contributed by atoms with Gasteiger partial charge in [0.15, 0.2) is 0 Å². The van der Waals surface area contributed by atoms with Gasteiger partial charge >= 0.3 is 0 Å². The molecule has 4 rings (SSSR count). The molecule has 0 aromatic carbocycles. The van der Waals surface area contributed by atoms with E-state index in [1.54, 1.807) is 6.20 Å². The lowest BCUT2D eigenvalue weighted by molar-refractivity contribution is 0.225. The van der Waals surface area contributed by atoms with Crippen LogP contribution in [0, 0.1) is 0 Å². The first-order valence-electron chi connectivity index (χ1n) is 7.45. The van der Waals surface area contributed by atoms with Crippen molar-refractivity contribution >= 4 is 16.7 Å². The molecule has 1 aliphatic heterocycles. The minimum atomic E-state index is -0.545. The first-order valence-corrected chi connectivity index (χ1v) is 7.45. The summed E-state index contributed by atoms with van der Waals surface area (Å²) in [6.07, 6.45) is 13.5. The second-order valence-electron chi connectivity index (χ2n) is 5.79. The molecule has 1 fully saturated rings. The van der Waals surface area contributed by atoms with Crippen molar-refractivity contribution < 1.29 is 5.11 Å². The van der Waals surface area contributed by atoms with E-state index in [1.807, 2.05) is 12.3 Å². The first-order chi connectivity index (χ1) is 9.84. The molecular formula is C16H19N3O. The number of hydrogen-bond acceptors (Lipinski definition) is 3. The number of aliphatic hydroxyl groups excluding tert-OH is 1. The van der Waals surface area contributed by atoms with Gasteiger partial charge in [0, 0.05) is 35.6 Å². The molecule has 2 N–H and O–H groups in total. The molecule has 1 saturated carbocycles. The molecule has 20 heavy (non-hydrogen) atoms. The smallest absolute Gasteiger partial charge is 0.139 e. The van der Waals surface area contributed by atoms with Crippen molar-refractivity contribution in [1.82, 2.24) is 9.97 Å². The van der Waals surface area contributed by atoms with Gasteiger partial charge in [0.05, 0.1) is 5.69 Å². The zero-order valence-electron chi connectivity index (χ0n) is 11.4. The van der Waals surface area contributed by atoms with Gasteiger partial charge in [0.2, 0.25) is 0 Å². The van der Waals surface area contributed by atoms with Crippen LogP contribution >= 0.6 is 0 Å². The molecule has 1 atom stereocenters. The van der Waals surface area contributed by atoms with E-state index < -0.39 is 6.10 Å². The van der Waals surface area contributed by atoms with Gasteiger partial charge in [-0.1, -0.05) is 19.3 Å². The lowest BCUT2D eigenvalue weighted by Gasteiger charge is -2.37. The van der Waals surface area contributed by atoms with E-state index in [9.17, 15) is 5.11 Å². The Balaban J connectivity index is 1.86. The van der Waals surface area contributed by atoms with E-state index in [1.165, 1.54) is 32.1 Å². The molecule has 2 aromatic heterocycles. The van der Waals surface area contributed by atoms with Crippen LogP contribution in [0.4, 0.5) is 5.69 Å². The average Bonchev–Trinajstić information content (AvgIpc) is 2.97. The van der Waals surface area contributed by atoms with Crippen molar-refractivity contribution in [3.8, 4) is 0 Å². The summed E-state index contributed by atoms with van der Waals surface area (Å²) in [6, 6.07) is 2.61. The number of nitrogens with one attached hydrogen (secondary N) is 1. The van der Waals surface area contributed by atoms with E-state index in [2.05, 4.69) is 27.1 Å². The predicted octanol–water partition coefficient (Wildman–Crippen LogP) is 3.26. The molecule has 2 aromatic rings. The van der Waals surface area contributed by atoms with Crippen molar-refractivity contribution in [1.29, 1.82) is 0 Å². The molecule has 0 radical (unpaired) electrons. The minimum absolute atomic E-state index is 0.545. The van der Waals surface area contributed by atoms with Crippen molar-refractivity contribution in [3.05, 3.63) is 36.3 Å². The summed E-state index contributed by atoms with van der Waals surface area (Å²) in [4.78, 5) is 9.93. The molecule has 4 nitrogen and oxygen atoms in total. The Morgan fingerprint density at radius 2 is 2.10 bits per heavy atom. The van der Waals surface area contributed by atoms with E-state index in [-0.39, 0.29) is 0 Å². The zero-order valence-corrected chi connectivity index (χ0v) is 11.4. The van der Waals surface area contributed by atoms with Gasteiger partial charge in [-0.05, 0) is 25.0 Å². The summed E-state index contributed by atoms with van der Waals surface area (Å²) in [5, 5.41) is 11.3. The molecule has 0 saturated heterocycles. The summed E-state index contributed by atoms with van der Waals surface area (Å²) in [7, 11) is 0. The van der Waals surface area contributed by atoms with Crippen LogP contribution in [0.25, 0.3) is 11.0 Å². The van der Waals surface area contributed by atoms with Crippen molar-refractivity contribution in [2.75, 3.05) is 4.90 Å². The van der Waals surface area contributed by atoms with E-state index >= 15 is 0 Å². The maximum atomic E-state index is 10.2. The number of nitrogens with zero attached hydrogens (tertiary/aromatic N) is 2. The van der Waals surface area contributed by atoms with Crippen LogP contribution in [-0.4, -0.2) is 21.1 Å². The van der Waals surface area contributed by atoms with Crippen LogP contribution in [0.1, 0.15) is 43.8 Å². The van der Waals surface area contributed by atoms with Crippen LogP contribution in [-0.2, 0) is 0 Å². The number of pyridine rings is 1. The summed E-state index contributed by atoms with van der Waals surface area (Å²) in [5.74, 6) is 0. The molecule has 0 bridgehead atoms. The molecule has 4 heteroatoms. The van der Waals surface area contributed by atoms with Crippen molar-refractivity contribution in [3.63, 3.8) is 0 Å². The normalized spacial score (nSPS) is 23.2. The molecule has 0 spiro atoms. The number of aliphatic hydroxyl groups is 1. The highest BCUT2D eigenvalue weighted by Gasteiger charge is 2.28. The Kier molecular flexibility index (Phi) is 2.77. The second-order valence-corrected chi connectivity index (χ2v) is 5.79. The summed E-state index contributed by atoms with van der Waals surface area (Å²) < 4.78 is 0. The highest BCUT2D eigenvalue weighted by molar-refractivity contribution is 5.93. The van der Waals surface area contributed by atoms with Gasteiger partial charge in [0.25, 0.3) is 0 Å². The summed E-state index contributed by atoms with van der Waals surface area (Å²) in [5.41, 5.74) is 2.95. The molecular weight excluding hydrogens is 250 g/mol. The number of hydrogen-bond donors (Lipinski definition) is 2. The summed E-state index contributed by atoms with van der Waals surface area (Å²) in [6.45, 7) is 0. The van der Waals surface area contributed by atoms with E-state index in [4.69, 9.17) is 0 Å². The molecule has 1 unspecified atom stereocenters. The van der Waals surface area contributed by atoms with Gasteiger partial charge in [-0.2, -0.15) is 0 Å². The fraction of sp³-hybridized carbons (Fsp3) is 0.438. The van der Waals surface area contributed by atoms with Gasteiger partial charge in [-0.3, -0.25) is 0 Å². The Labute approximate surface area is 118 Å². The Morgan fingerprint density at radius 3 is 2.95 bits per heavy atom. The Bertz CT molecular complexity index is 655. The van der Waals surface area contributed by atoms with Gasteiger partial charge in [-0.25, -0.2) is 4.98 Å². The Hall–Kier alpha value is -1.81. The van der Waals surface area contributed by atoms with Gasteiger partial charge < -0.3 is 15.0 Å². The lowest BCUT2D eigenvalue weighted by atomic mass is 9.92. The fourth-order valence-corrected chi connectivity index (χ4v) is 3.53. The second kappa shape index (κ2) is 4.63. The third kappa shape index (κ3) is 1.75. The number of aromatic nitrogens is 2. The number of H-pyrrole nitrogens is 1. The fourth-order valence-electron chi connectivity index (χ4n) is 3.53. The Morgan fingerprint density at radius 1 is 1.25 bits per heavy atom. The molecule has 1 aliphatic carbocycles. The number of fused-ring (bicyclic) bond motifs is 3. The van der Waals surface area contributed by atoms with Crippen molar-refractivity contribution in [2.45, 2.75) is 44.2 Å². The first kappa shape index (κ1) is 12.0. The standard InChI is InChI=1S/C16H19N3O/c20-14-7-9-19(11-4-2-1-3-5-11)15-12-6-8-17-16(12)18-10-13(14)15/h6-11,14,20H,1-5H2,(H,17,18). The third-order valence-corrected chi connectivity index (χ3v) is 4.56. The average molecular weight is 269 g/mol. The largest absolute Gasteiger partial charge is 0.384 e. The molecule has 2 aliphatic rings. The monoisotopic (exact) mass is 269 g/mol. The van der Waals surface area contributed by atoms with Crippen LogP contribution in [0.5, 0.6) is 0 Å². The number of rotatable bonds is 1. The minimum Gasteiger partial charge on any atom is -0.384 e. The predicted molar refractivity (Wildman–Crippen MR) is 79.5 cm³/mol. The van der Waals surface area contributed by atoms with E-state index in [0.29, 0.717) is 6.04 Å². The van der Waals surface area contributed by atoms with Gasteiger partial charge in [-0.15, -0.1) is 0 Å². The maximum Gasteiger partial charge on any atom is 0.139 e.